The zero-order valence-corrected chi connectivity index (χ0v) is 19.6. The van der Waals surface area contributed by atoms with E-state index < -0.39 is 53.8 Å². The first kappa shape index (κ1) is 27.8. The van der Waals surface area contributed by atoms with Crippen molar-refractivity contribution in [2.75, 3.05) is 19.6 Å². The van der Waals surface area contributed by atoms with Gasteiger partial charge in [0.05, 0.1) is 6.04 Å². The molecule has 3 amide bonds. The molecule has 0 spiro atoms. The predicted octanol–water partition coefficient (Wildman–Crippen LogP) is -2.22. The first-order valence-corrected chi connectivity index (χ1v) is 11.7. The molecule has 196 valence electrons. The van der Waals surface area contributed by atoms with Gasteiger partial charge in [0.25, 0.3) is 0 Å². The average molecular weight is 498 g/mol. The lowest BCUT2D eigenvalue weighted by Crippen LogP contribution is -2.56. The quantitative estimate of drug-likeness (QED) is 0.0965. The van der Waals surface area contributed by atoms with Crippen LogP contribution in [0.4, 0.5) is 0 Å². The van der Waals surface area contributed by atoms with Gasteiger partial charge in [-0.2, -0.15) is 0 Å². The summed E-state index contributed by atoms with van der Waals surface area (Å²) in [6.45, 7) is 0.809. The van der Waals surface area contributed by atoms with Gasteiger partial charge < -0.3 is 42.5 Å². The number of amides is 3. The van der Waals surface area contributed by atoms with Crippen molar-refractivity contribution >= 4 is 35.6 Å². The van der Waals surface area contributed by atoms with E-state index in [0.29, 0.717) is 38.6 Å². The van der Waals surface area contributed by atoms with Crippen molar-refractivity contribution < 1.29 is 34.2 Å². The first-order valence-electron chi connectivity index (χ1n) is 11.7. The number of hydrogen-bond acceptors (Lipinski definition) is 7. The van der Waals surface area contributed by atoms with Gasteiger partial charge in [0.2, 0.25) is 17.7 Å². The number of aliphatic carboxylic acids is 2. The minimum Gasteiger partial charge on any atom is -0.481 e. The Morgan fingerprint density at radius 3 is 2.20 bits per heavy atom. The summed E-state index contributed by atoms with van der Waals surface area (Å²) >= 11 is 0. The molecule has 0 aromatic rings. The molecule has 14 nitrogen and oxygen atoms in total. The van der Waals surface area contributed by atoms with Crippen LogP contribution < -0.4 is 22.5 Å². The molecule has 2 aliphatic rings. The number of nitrogens with two attached hydrogens (primary N) is 3. The lowest BCUT2D eigenvalue weighted by atomic mass is 10.1. The molecule has 2 heterocycles. The number of likely N-dealkylation sites (tertiary alicyclic amines) is 2. The molecular formula is C21H35N7O7. The number of nitrogens with one attached hydrogen (secondary N) is 1. The highest BCUT2D eigenvalue weighted by Gasteiger charge is 2.43. The molecule has 0 saturated carbocycles. The van der Waals surface area contributed by atoms with E-state index in [-0.39, 0.29) is 38.3 Å². The second kappa shape index (κ2) is 12.9. The summed E-state index contributed by atoms with van der Waals surface area (Å²) in [5.74, 6) is -3.98. The van der Waals surface area contributed by atoms with Crippen molar-refractivity contribution in [3.63, 3.8) is 0 Å². The number of nitrogens with zero attached hydrogens (tertiary/aromatic N) is 3. The van der Waals surface area contributed by atoms with E-state index in [4.69, 9.17) is 22.3 Å². The Labute approximate surface area is 202 Å². The fourth-order valence-corrected chi connectivity index (χ4v) is 4.42. The smallest absolute Gasteiger partial charge is 0.326 e. The van der Waals surface area contributed by atoms with Gasteiger partial charge in [0, 0.05) is 26.1 Å². The van der Waals surface area contributed by atoms with Gasteiger partial charge in [0.1, 0.15) is 18.1 Å². The molecule has 2 saturated heterocycles. The number of rotatable bonds is 12. The molecule has 0 bridgehead atoms. The number of guanidine groups is 1. The second-order valence-corrected chi connectivity index (χ2v) is 8.77. The third-order valence-corrected chi connectivity index (χ3v) is 6.21. The van der Waals surface area contributed by atoms with Crippen LogP contribution in [0.3, 0.4) is 0 Å². The van der Waals surface area contributed by atoms with Gasteiger partial charge >= 0.3 is 11.9 Å². The Hall–Kier alpha value is -3.42. The fraction of sp³-hybridized carbons (Fsp3) is 0.714. The SMILES string of the molecule is NC(N)=NCCCC(N)C(=O)NC(CCC(=O)O)C(=O)N1CCCC1C(=O)N1CCCC1C(=O)O. The standard InChI is InChI=1S/C21H35N7O7/c22-12(4-1-9-25-21(23)24)17(31)26-13(7-8-16(29)30)18(32)27-10-2-5-14(27)19(33)28-11-3-6-15(28)20(34)35/h12-15H,1-11,22H2,(H,26,31)(H,29,30)(H,34,35)(H4,23,24,25). The molecule has 35 heavy (non-hydrogen) atoms. The average Bonchev–Trinajstić information content (AvgIpc) is 3.48. The fourth-order valence-electron chi connectivity index (χ4n) is 4.42. The highest BCUT2D eigenvalue weighted by atomic mass is 16.4. The highest BCUT2D eigenvalue weighted by Crippen LogP contribution is 2.26. The van der Waals surface area contributed by atoms with Crippen molar-refractivity contribution in [3.8, 4) is 0 Å². The van der Waals surface area contributed by atoms with E-state index in [1.54, 1.807) is 0 Å². The van der Waals surface area contributed by atoms with Crippen LogP contribution in [0.15, 0.2) is 4.99 Å². The number of carboxylic acids is 2. The van der Waals surface area contributed by atoms with Gasteiger partial charge in [-0.15, -0.1) is 0 Å². The summed E-state index contributed by atoms with van der Waals surface area (Å²) < 4.78 is 0. The van der Waals surface area contributed by atoms with Crippen molar-refractivity contribution in [3.05, 3.63) is 0 Å². The van der Waals surface area contributed by atoms with Gasteiger partial charge in [0.15, 0.2) is 5.96 Å². The third kappa shape index (κ3) is 7.80. The maximum Gasteiger partial charge on any atom is 0.326 e. The van der Waals surface area contributed by atoms with Gasteiger partial charge in [-0.05, 0) is 44.9 Å². The molecular weight excluding hydrogens is 462 g/mol. The minimum absolute atomic E-state index is 0.0827. The zero-order valence-electron chi connectivity index (χ0n) is 19.6. The lowest BCUT2D eigenvalue weighted by molar-refractivity contribution is -0.152. The molecule has 4 unspecified atom stereocenters. The zero-order chi connectivity index (χ0) is 26.1. The summed E-state index contributed by atoms with van der Waals surface area (Å²) in [5.41, 5.74) is 16.4. The summed E-state index contributed by atoms with van der Waals surface area (Å²) in [4.78, 5) is 68.1. The van der Waals surface area contributed by atoms with Crippen LogP contribution in [0.2, 0.25) is 0 Å². The Morgan fingerprint density at radius 1 is 0.971 bits per heavy atom. The van der Waals surface area contributed by atoms with E-state index in [9.17, 15) is 29.1 Å². The van der Waals surface area contributed by atoms with Crippen molar-refractivity contribution in [2.24, 2.45) is 22.2 Å². The van der Waals surface area contributed by atoms with Crippen LogP contribution in [0.25, 0.3) is 0 Å². The van der Waals surface area contributed by atoms with Crippen molar-refractivity contribution in [1.29, 1.82) is 0 Å². The van der Waals surface area contributed by atoms with Gasteiger partial charge in [-0.3, -0.25) is 24.2 Å². The van der Waals surface area contributed by atoms with Crippen LogP contribution in [-0.2, 0) is 24.0 Å². The van der Waals surface area contributed by atoms with Crippen LogP contribution in [-0.4, -0.2) is 99.4 Å². The molecule has 4 atom stereocenters. The van der Waals surface area contributed by atoms with Gasteiger partial charge in [-0.1, -0.05) is 0 Å². The second-order valence-electron chi connectivity index (χ2n) is 8.77. The Balaban J connectivity index is 2.08. The maximum absolute atomic E-state index is 13.3. The minimum atomic E-state index is -1.19. The van der Waals surface area contributed by atoms with E-state index in [0.717, 1.165) is 0 Å². The molecule has 2 aliphatic heterocycles. The van der Waals surface area contributed by atoms with E-state index in [1.807, 2.05) is 0 Å². The van der Waals surface area contributed by atoms with Crippen LogP contribution in [0.1, 0.15) is 51.4 Å². The monoisotopic (exact) mass is 497 g/mol. The topological polar surface area (TPSA) is 235 Å². The number of hydrogen-bond donors (Lipinski definition) is 6. The van der Waals surface area contributed by atoms with Crippen LogP contribution >= 0.6 is 0 Å². The summed E-state index contributed by atoms with van der Waals surface area (Å²) in [6, 6.07) is -3.95. The lowest BCUT2D eigenvalue weighted by Gasteiger charge is -2.32. The predicted molar refractivity (Wildman–Crippen MR) is 124 cm³/mol. The van der Waals surface area contributed by atoms with E-state index >= 15 is 0 Å². The normalized spacial score (nSPS) is 21.3. The van der Waals surface area contributed by atoms with Crippen molar-refractivity contribution in [1.82, 2.24) is 15.1 Å². The Morgan fingerprint density at radius 2 is 1.60 bits per heavy atom. The molecule has 0 aromatic heterocycles. The molecule has 2 rings (SSSR count). The molecule has 0 radical (unpaired) electrons. The van der Waals surface area contributed by atoms with E-state index in [2.05, 4.69) is 10.3 Å². The van der Waals surface area contributed by atoms with E-state index in [1.165, 1.54) is 9.80 Å². The van der Waals surface area contributed by atoms with Crippen molar-refractivity contribution in [2.45, 2.75) is 75.5 Å². The summed E-state index contributed by atoms with van der Waals surface area (Å²) in [7, 11) is 0. The third-order valence-electron chi connectivity index (χ3n) is 6.21. The van der Waals surface area contributed by atoms with Gasteiger partial charge in [-0.25, -0.2) is 4.79 Å². The maximum atomic E-state index is 13.3. The largest absolute Gasteiger partial charge is 0.481 e. The highest BCUT2D eigenvalue weighted by molar-refractivity contribution is 5.95. The summed E-state index contributed by atoms with van der Waals surface area (Å²) in [6.07, 6.45) is 1.88. The van der Waals surface area contributed by atoms with Crippen LogP contribution in [0, 0.1) is 0 Å². The summed E-state index contributed by atoms with van der Waals surface area (Å²) in [5, 5.41) is 21.0. The number of aliphatic imine (C=N–C) groups is 1. The number of carbonyl (C=O) groups excluding carboxylic acids is 3. The molecule has 9 N–H and O–H groups in total. The Kier molecular flexibility index (Phi) is 10.2. The Bertz CT molecular complexity index is 846. The molecule has 2 fully saturated rings. The molecule has 0 aromatic carbocycles. The number of carbonyl (C=O) groups is 5. The van der Waals surface area contributed by atoms with Crippen LogP contribution in [0.5, 0.6) is 0 Å². The molecule has 14 heteroatoms. The first-order chi connectivity index (χ1) is 16.5. The number of carboxylic acid groups (broad SMARTS) is 2. The molecule has 0 aliphatic carbocycles.